The second-order valence-corrected chi connectivity index (χ2v) is 10.9. The van der Waals surface area contributed by atoms with Gasteiger partial charge in [0.1, 0.15) is 11.8 Å². The topological polar surface area (TPSA) is 79.0 Å². The largest absolute Gasteiger partial charge is 0.495 e. The highest BCUT2D eigenvalue weighted by atomic mass is 79.9. The number of hydrogen-bond acceptors (Lipinski definition) is 5. The number of nitrogens with one attached hydrogen (secondary N) is 1. The van der Waals surface area contributed by atoms with Gasteiger partial charge in [-0.3, -0.25) is 4.79 Å². The number of anilines is 1. The Morgan fingerprint density at radius 1 is 0.943 bits per heavy atom. The minimum absolute atomic E-state index is 0.118. The number of halogens is 1. The van der Waals surface area contributed by atoms with Gasteiger partial charge in [-0.1, -0.05) is 58.4 Å². The molecule has 1 N–H and O–H groups in total. The van der Waals surface area contributed by atoms with Crippen LogP contribution in [0, 0.1) is 0 Å². The molecule has 1 atom stereocenters. The van der Waals surface area contributed by atoms with Crippen LogP contribution in [0.25, 0.3) is 0 Å². The van der Waals surface area contributed by atoms with Crippen molar-refractivity contribution in [3.8, 4) is 5.75 Å². The van der Waals surface area contributed by atoms with E-state index in [1.807, 2.05) is 54.6 Å². The lowest BCUT2D eigenvalue weighted by Gasteiger charge is -2.38. The van der Waals surface area contributed by atoms with Crippen molar-refractivity contribution < 1.29 is 17.9 Å². The first-order chi connectivity index (χ1) is 16.9. The molecular weight excluding hydrogens is 530 g/mol. The number of para-hydroxylation sites is 2. The molecule has 0 aliphatic carbocycles. The van der Waals surface area contributed by atoms with E-state index in [0.29, 0.717) is 26.2 Å². The zero-order valence-corrected chi connectivity index (χ0v) is 21.8. The van der Waals surface area contributed by atoms with Crippen LogP contribution in [0.4, 0.5) is 5.69 Å². The van der Waals surface area contributed by atoms with Crippen molar-refractivity contribution >= 4 is 37.5 Å². The fraction of sp³-hybridized carbons (Fsp3) is 0.269. The molecule has 1 saturated heterocycles. The molecule has 7 nitrogen and oxygen atoms in total. The predicted molar refractivity (Wildman–Crippen MR) is 140 cm³/mol. The van der Waals surface area contributed by atoms with Crippen molar-refractivity contribution in [1.82, 2.24) is 9.62 Å². The molecule has 0 spiro atoms. The Morgan fingerprint density at radius 2 is 1.57 bits per heavy atom. The van der Waals surface area contributed by atoms with Crippen LogP contribution in [-0.4, -0.2) is 58.6 Å². The highest BCUT2D eigenvalue weighted by molar-refractivity contribution is 9.10. The fourth-order valence-electron chi connectivity index (χ4n) is 4.18. The van der Waals surface area contributed by atoms with Crippen molar-refractivity contribution in [3.63, 3.8) is 0 Å². The summed E-state index contributed by atoms with van der Waals surface area (Å²) in [6.07, 6.45) is 0.266. The number of methoxy groups -OCH3 is 1. The van der Waals surface area contributed by atoms with E-state index in [1.165, 1.54) is 12.1 Å². The summed E-state index contributed by atoms with van der Waals surface area (Å²) in [5.74, 6) is 0.561. The zero-order valence-electron chi connectivity index (χ0n) is 19.4. The minimum atomic E-state index is -3.89. The lowest BCUT2D eigenvalue weighted by atomic mass is 10.1. The molecule has 4 rings (SSSR count). The highest BCUT2D eigenvalue weighted by Gasteiger charge is 2.31. The smallest absolute Gasteiger partial charge is 0.241 e. The standard InChI is InChI=1S/C26H28BrN3O4S/c1-34-25-10-6-5-9-24(25)29-15-17-30(18-16-29)26(31)23(19-20-7-3-2-4-8-20)28-35(32,33)22-13-11-21(27)12-14-22/h2-14,23,28H,15-19H2,1H3/t23-/m0/s1. The van der Waals surface area contributed by atoms with Gasteiger partial charge in [0.2, 0.25) is 15.9 Å². The number of sulfonamides is 1. The number of carbonyl (C=O) groups excluding carboxylic acids is 1. The number of carbonyl (C=O) groups is 1. The van der Waals surface area contributed by atoms with Crippen LogP contribution in [0.5, 0.6) is 5.75 Å². The quantitative estimate of drug-likeness (QED) is 0.457. The van der Waals surface area contributed by atoms with Gasteiger partial charge in [-0.25, -0.2) is 8.42 Å². The van der Waals surface area contributed by atoms with Crippen LogP contribution in [-0.2, 0) is 21.2 Å². The van der Waals surface area contributed by atoms with Crippen molar-refractivity contribution in [2.24, 2.45) is 0 Å². The maximum absolute atomic E-state index is 13.6. The summed E-state index contributed by atoms with van der Waals surface area (Å²) in [5, 5.41) is 0. The Morgan fingerprint density at radius 3 is 2.23 bits per heavy atom. The van der Waals surface area contributed by atoms with E-state index in [1.54, 1.807) is 24.1 Å². The summed E-state index contributed by atoms with van der Waals surface area (Å²) >= 11 is 3.33. The minimum Gasteiger partial charge on any atom is -0.495 e. The third kappa shape index (κ3) is 6.22. The summed E-state index contributed by atoms with van der Waals surface area (Å²) in [4.78, 5) is 17.6. The number of ether oxygens (including phenoxy) is 1. The molecule has 3 aromatic rings. The molecular formula is C26H28BrN3O4S. The summed E-state index contributed by atoms with van der Waals surface area (Å²) in [5.41, 5.74) is 1.87. The van der Waals surface area contributed by atoms with E-state index in [9.17, 15) is 13.2 Å². The van der Waals surface area contributed by atoms with Crippen LogP contribution in [0.3, 0.4) is 0 Å². The normalized spacial score (nSPS) is 15.0. The zero-order chi connectivity index (χ0) is 24.8. The summed E-state index contributed by atoms with van der Waals surface area (Å²) in [7, 11) is -2.24. The predicted octanol–water partition coefficient (Wildman–Crippen LogP) is 3.70. The van der Waals surface area contributed by atoms with Crippen molar-refractivity contribution in [2.75, 3.05) is 38.2 Å². The number of rotatable bonds is 8. The van der Waals surface area contributed by atoms with E-state index in [-0.39, 0.29) is 17.2 Å². The van der Waals surface area contributed by atoms with Gasteiger partial charge in [0, 0.05) is 30.7 Å². The third-order valence-electron chi connectivity index (χ3n) is 6.02. The Kier molecular flexibility index (Phi) is 8.10. The van der Waals surface area contributed by atoms with E-state index in [0.717, 1.165) is 21.5 Å². The first-order valence-corrected chi connectivity index (χ1v) is 13.6. The van der Waals surface area contributed by atoms with E-state index < -0.39 is 16.1 Å². The molecule has 1 heterocycles. The average Bonchev–Trinajstić information content (AvgIpc) is 2.88. The highest BCUT2D eigenvalue weighted by Crippen LogP contribution is 2.28. The average molecular weight is 558 g/mol. The molecule has 35 heavy (non-hydrogen) atoms. The molecule has 9 heteroatoms. The fourth-order valence-corrected chi connectivity index (χ4v) is 5.63. The van der Waals surface area contributed by atoms with Crippen LogP contribution >= 0.6 is 15.9 Å². The molecule has 3 aromatic carbocycles. The number of nitrogens with zero attached hydrogens (tertiary/aromatic N) is 2. The van der Waals surface area contributed by atoms with Gasteiger partial charge >= 0.3 is 0 Å². The molecule has 184 valence electrons. The molecule has 1 amide bonds. The number of hydrogen-bond donors (Lipinski definition) is 1. The number of benzene rings is 3. The van der Waals surface area contributed by atoms with E-state index in [2.05, 4.69) is 25.6 Å². The first kappa shape index (κ1) is 25.2. The monoisotopic (exact) mass is 557 g/mol. The van der Waals surface area contributed by atoms with Crippen molar-refractivity contribution in [2.45, 2.75) is 17.4 Å². The van der Waals surface area contributed by atoms with Gasteiger partial charge in [0.15, 0.2) is 0 Å². The van der Waals surface area contributed by atoms with E-state index in [4.69, 9.17) is 4.74 Å². The van der Waals surface area contributed by atoms with Crippen LogP contribution in [0.15, 0.2) is 88.2 Å². The van der Waals surface area contributed by atoms with Gasteiger partial charge in [-0.05, 0) is 48.4 Å². The SMILES string of the molecule is COc1ccccc1N1CCN(C(=O)[C@H](Cc2ccccc2)NS(=O)(=O)c2ccc(Br)cc2)CC1. The summed E-state index contributed by atoms with van der Waals surface area (Å²) in [6.45, 7) is 2.23. The molecule has 1 aliphatic heterocycles. The van der Waals surface area contributed by atoms with E-state index >= 15 is 0 Å². The van der Waals surface area contributed by atoms with Crippen LogP contribution in [0.1, 0.15) is 5.56 Å². The maximum atomic E-state index is 13.6. The first-order valence-electron chi connectivity index (χ1n) is 11.4. The van der Waals surface area contributed by atoms with Gasteiger partial charge in [0.25, 0.3) is 0 Å². The second-order valence-electron chi connectivity index (χ2n) is 8.30. The van der Waals surface area contributed by atoms with Gasteiger partial charge in [-0.2, -0.15) is 4.72 Å². The molecule has 0 radical (unpaired) electrons. The lowest BCUT2D eigenvalue weighted by Crippen LogP contribution is -2.55. The van der Waals surface area contributed by atoms with Crippen LogP contribution in [0.2, 0.25) is 0 Å². The second kappa shape index (κ2) is 11.2. The van der Waals surface area contributed by atoms with Crippen molar-refractivity contribution in [1.29, 1.82) is 0 Å². The molecule has 0 saturated carbocycles. The summed E-state index contributed by atoms with van der Waals surface area (Å²) < 4.78 is 35.2. The molecule has 0 aromatic heterocycles. The maximum Gasteiger partial charge on any atom is 0.241 e. The Balaban J connectivity index is 1.51. The molecule has 0 unspecified atom stereocenters. The Labute approximate surface area is 214 Å². The third-order valence-corrected chi connectivity index (χ3v) is 8.04. The summed E-state index contributed by atoms with van der Waals surface area (Å²) in [6, 6.07) is 22.7. The number of amides is 1. The Hall–Kier alpha value is -2.88. The van der Waals surface area contributed by atoms with Gasteiger partial charge in [-0.15, -0.1) is 0 Å². The lowest BCUT2D eigenvalue weighted by molar-refractivity contribution is -0.133. The van der Waals surface area contributed by atoms with Crippen LogP contribution < -0.4 is 14.4 Å². The molecule has 1 fully saturated rings. The Bertz CT molecular complexity index is 1250. The molecule has 0 bridgehead atoms. The van der Waals surface area contributed by atoms with Gasteiger partial charge in [0.05, 0.1) is 17.7 Å². The van der Waals surface area contributed by atoms with Crippen molar-refractivity contribution in [3.05, 3.63) is 88.9 Å². The van der Waals surface area contributed by atoms with Gasteiger partial charge < -0.3 is 14.5 Å². The molecule has 1 aliphatic rings. The number of piperazine rings is 1.